The Balaban J connectivity index is 1.25. The van der Waals surface area contributed by atoms with Gasteiger partial charge in [-0.2, -0.15) is 0 Å². The zero-order valence-electron chi connectivity index (χ0n) is 40.2. The molecule has 2 aliphatic rings. The quantitative estimate of drug-likeness (QED) is 0.122. The summed E-state index contributed by atoms with van der Waals surface area (Å²) in [6.45, 7) is 22.1. The van der Waals surface area contributed by atoms with Gasteiger partial charge in [-0.1, -0.05) is 191 Å². The van der Waals surface area contributed by atoms with Gasteiger partial charge in [0.2, 0.25) is 18.0 Å². The second-order valence-corrected chi connectivity index (χ2v) is 19.8. The highest BCUT2D eigenvalue weighted by Crippen LogP contribution is 2.52. The Morgan fingerprint density at radius 2 is 0.833 bits per heavy atom. The normalized spacial score (nSPS) is 14.8. The molecule has 0 bridgehead atoms. The highest BCUT2D eigenvalue weighted by atomic mass is 16.2. The van der Waals surface area contributed by atoms with Crippen molar-refractivity contribution in [2.24, 2.45) is 0 Å². The SMILES string of the molecule is CC(C)c1cccc(C(C)C)c1N1[C](c2ccc(N(c3ccc(-c4ccccc4)cc3)c3ccc4c(c3)C(C)(C)c3ccccc3-4)cc2)N(c2c(C(C)C)cccc2C(C)C)C(=O)CC1=O. The third-order valence-corrected chi connectivity index (χ3v) is 13.8. The Labute approximate surface area is 392 Å². The van der Waals surface area contributed by atoms with Crippen LogP contribution < -0.4 is 14.7 Å². The molecule has 0 saturated carbocycles. The summed E-state index contributed by atoms with van der Waals surface area (Å²) in [5, 5.41) is 0. The number of benzene rings is 7. The van der Waals surface area contributed by atoms with Crippen LogP contribution >= 0.6 is 0 Å². The van der Waals surface area contributed by atoms with Gasteiger partial charge in [0.25, 0.3) is 0 Å². The molecule has 1 heterocycles. The predicted octanol–water partition coefficient (Wildman–Crippen LogP) is 15.9. The highest BCUT2D eigenvalue weighted by Gasteiger charge is 2.46. The van der Waals surface area contributed by atoms with Gasteiger partial charge in [0.1, 0.15) is 6.42 Å². The van der Waals surface area contributed by atoms with Crippen LogP contribution in [0.1, 0.15) is 138 Å². The Bertz CT molecular complexity index is 2790. The topological polar surface area (TPSA) is 43.9 Å². The first-order valence-electron chi connectivity index (χ1n) is 23.8. The number of fused-ring (bicyclic) bond motifs is 3. The first-order valence-corrected chi connectivity index (χ1v) is 23.8. The molecule has 0 atom stereocenters. The van der Waals surface area contributed by atoms with Crippen LogP contribution in [0.2, 0.25) is 0 Å². The van der Waals surface area contributed by atoms with Crippen LogP contribution in [0.15, 0.2) is 158 Å². The van der Waals surface area contributed by atoms with Gasteiger partial charge < -0.3 is 4.90 Å². The van der Waals surface area contributed by atoms with Crippen molar-refractivity contribution in [2.45, 2.75) is 105 Å². The van der Waals surface area contributed by atoms with Crippen molar-refractivity contribution in [3.05, 3.63) is 203 Å². The molecule has 7 aromatic rings. The minimum atomic E-state index is -0.235. The van der Waals surface area contributed by atoms with E-state index in [1.165, 1.54) is 27.8 Å². The molecule has 66 heavy (non-hydrogen) atoms. The van der Waals surface area contributed by atoms with E-state index < -0.39 is 0 Å². The van der Waals surface area contributed by atoms with Crippen LogP contribution in [0.5, 0.6) is 0 Å². The van der Waals surface area contributed by atoms with Gasteiger partial charge >= 0.3 is 0 Å². The van der Waals surface area contributed by atoms with Gasteiger partial charge in [-0.15, -0.1) is 0 Å². The summed E-state index contributed by atoms with van der Waals surface area (Å²) in [5.74, 6) is 0.0647. The van der Waals surface area contributed by atoms with Crippen molar-refractivity contribution in [2.75, 3.05) is 14.7 Å². The summed E-state index contributed by atoms with van der Waals surface area (Å²) in [4.78, 5) is 35.9. The lowest BCUT2D eigenvalue weighted by Crippen LogP contribution is -2.55. The fourth-order valence-electron chi connectivity index (χ4n) is 10.4. The molecule has 333 valence electrons. The number of anilines is 5. The van der Waals surface area contributed by atoms with Crippen molar-refractivity contribution in [3.8, 4) is 22.3 Å². The monoisotopic (exact) mass is 868 g/mol. The second kappa shape index (κ2) is 17.6. The van der Waals surface area contributed by atoms with E-state index in [1.807, 2.05) is 15.9 Å². The zero-order valence-corrected chi connectivity index (χ0v) is 40.2. The maximum atomic E-state index is 14.9. The van der Waals surface area contributed by atoms with Crippen LogP contribution in [0.3, 0.4) is 0 Å². The maximum absolute atomic E-state index is 14.9. The summed E-state index contributed by atoms with van der Waals surface area (Å²) >= 11 is 0. The van der Waals surface area contributed by atoms with Crippen molar-refractivity contribution in [1.82, 2.24) is 0 Å². The van der Waals surface area contributed by atoms with E-state index in [1.54, 1.807) is 0 Å². The van der Waals surface area contributed by atoms with Gasteiger partial charge in [0.05, 0.1) is 11.4 Å². The first kappa shape index (κ1) is 44.5. The lowest BCUT2D eigenvalue weighted by molar-refractivity contribution is -0.128. The Morgan fingerprint density at radius 1 is 0.424 bits per heavy atom. The molecule has 1 aliphatic heterocycles. The van der Waals surface area contributed by atoms with E-state index in [2.05, 4.69) is 226 Å². The maximum Gasteiger partial charge on any atom is 0.238 e. The fourth-order valence-corrected chi connectivity index (χ4v) is 10.4. The smallest absolute Gasteiger partial charge is 0.238 e. The summed E-state index contributed by atoms with van der Waals surface area (Å²) in [6.07, 6.45) is 0.337. The van der Waals surface area contributed by atoms with Gasteiger partial charge in [-0.3, -0.25) is 19.4 Å². The largest absolute Gasteiger partial charge is 0.310 e. The molecule has 0 spiro atoms. The molecule has 2 amide bonds. The van der Waals surface area contributed by atoms with E-state index in [4.69, 9.17) is 0 Å². The molecule has 0 N–H and O–H groups in total. The Kier molecular flexibility index (Phi) is 11.9. The van der Waals surface area contributed by atoms with Gasteiger partial charge in [0.15, 0.2) is 0 Å². The average molecular weight is 869 g/mol. The lowest BCUT2D eigenvalue weighted by atomic mass is 9.82. The summed E-state index contributed by atoms with van der Waals surface area (Å²) in [5.41, 5.74) is 17.2. The van der Waals surface area contributed by atoms with Crippen LogP contribution in [-0.4, -0.2) is 11.8 Å². The number of hydrogen-bond acceptors (Lipinski definition) is 3. The molecule has 0 aromatic heterocycles. The number of para-hydroxylation sites is 2. The Hall–Kier alpha value is -6.72. The van der Waals surface area contributed by atoms with Gasteiger partial charge in [-0.25, -0.2) is 0 Å². The van der Waals surface area contributed by atoms with Crippen LogP contribution in [0, 0.1) is 6.17 Å². The van der Waals surface area contributed by atoms with E-state index in [0.29, 0.717) is 6.17 Å². The molecule has 1 radical (unpaired) electrons. The van der Waals surface area contributed by atoms with Gasteiger partial charge in [-0.05, 0) is 116 Å². The number of carbonyl (C=O) groups excluding carboxylic acids is 2. The third kappa shape index (κ3) is 7.72. The van der Waals surface area contributed by atoms with E-state index >= 15 is 0 Å². The molecule has 1 saturated heterocycles. The van der Waals surface area contributed by atoms with E-state index in [0.717, 1.165) is 61.8 Å². The van der Waals surface area contributed by atoms with Crippen molar-refractivity contribution in [3.63, 3.8) is 0 Å². The minimum Gasteiger partial charge on any atom is -0.310 e. The number of amides is 2. The first-order chi connectivity index (χ1) is 31.7. The summed E-state index contributed by atoms with van der Waals surface area (Å²) < 4.78 is 0. The molecule has 1 aliphatic carbocycles. The molecule has 5 heteroatoms. The van der Waals surface area contributed by atoms with Crippen molar-refractivity contribution < 1.29 is 9.59 Å². The van der Waals surface area contributed by atoms with E-state index in [9.17, 15) is 9.59 Å². The average Bonchev–Trinajstić information content (AvgIpc) is 3.54. The number of nitrogens with zero attached hydrogens (tertiary/aromatic N) is 3. The van der Waals surface area contributed by atoms with Crippen molar-refractivity contribution >= 4 is 40.3 Å². The lowest BCUT2D eigenvalue weighted by Gasteiger charge is -2.45. The standard InChI is InChI=1S/C61H62N3O2/c1-38(2)48-21-16-22-49(39(3)4)58(48)63-56(65)37-57(66)64(59-50(40(5)6)23-17-24-51(59)41(7)8)60(63)44-28-32-46(33-29-44)62(45-30-26-43(27-31-45)42-18-12-11-13-19-42)47-34-35-53-52-20-14-15-25-54(52)61(9,10)55(53)36-47/h11-36,38-41H,37H2,1-10H3. The molecular formula is C61H62N3O2. The summed E-state index contributed by atoms with van der Waals surface area (Å²) in [6, 6.07) is 56.2. The number of hydrogen-bond donors (Lipinski definition) is 0. The summed E-state index contributed by atoms with van der Waals surface area (Å²) in [7, 11) is 0. The molecule has 0 unspecified atom stereocenters. The predicted molar refractivity (Wildman–Crippen MR) is 275 cm³/mol. The van der Waals surface area contributed by atoms with Crippen LogP contribution in [0.4, 0.5) is 28.4 Å². The molecule has 5 nitrogen and oxygen atoms in total. The zero-order chi connectivity index (χ0) is 46.6. The molecule has 9 rings (SSSR count). The number of rotatable bonds is 11. The van der Waals surface area contributed by atoms with Crippen molar-refractivity contribution in [1.29, 1.82) is 0 Å². The Morgan fingerprint density at radius 3 is 1.32 bits per heavy atom. The van der Waals surface area contributed by atoms with E-state index in [-0.39, 0.29) is 47.3 Å². The minimum absolute atomic E-state index is 0.127. The molecule has 1 fully saturated rings. The molecular weight excluding hydrogens is 807 g/mol. The number of carbonyl (C=O) groups is 2. The van der Waals surface area contributed by atoms with Crippen LogP contribution in [0.25, 0.3) is 22.3 Å². The van der Waals surface area contributed by atoms with Gasteiger partial charge in [0, 0.05) is 28.0 Å². The molecule has 7 aromatic carbocycles. The highest BCUT2D eigenvalue weighted by molar-refractivity contribution is 6.18. The second-order valence-electron chi connectivity index (χ2n) is 19.8. The fraction of sp³-hybridized carbons (Fsp3) is 0.262. The third-order valence-electron chi connectivity index (χ3n) is 13.8. The van der Waals surface area contributed by atoms with Crippen LogP contribution in [-0.2, 0) is 15.0 Å².